The SMILES string of the molecule is CCC(C)N(Cc1ccccc1)C(=O)CSc1nncn1-c1ccc(C)c(C)c1. The maximum Gasteiger partial charge on any atom is 0.233 e. The van der Waals surface area contributed by atoms with Crippen molar-refractivity contribution in [3.05, 3.63) is 71.5 Å². The first-order valence-corrected chi connectivity index (χ1v) is 10.9. The highest BCUT2D eigenvalue weighted by Gasteiger charge is 2.20. The van der Waals surface area contributed by atoms with Crippen LogP contribution in [0.2, 0.25) is 0 Å². The first kappa shape index (κ1) is 21.1. The van der Waals surface area contributed by atoms with Crippen LogP contribution >= 0.6 is 11.8 Å². The van der Waals surface area contributed by atoms with E-state index in [1.807, 2.05) is 27.7 Å². The third-order valence-electron chi connectivity index (χ3n) is 5.25. The lowest BCUT2D eigenvalue weighted by Gasteiger charge is -2.28. The van der Waals surface area contributed by atoms with Crippen molar-refractivity contribution in [1.82, 2.24) is 19.7 Å². The first-order valence-electron chi connectivity index (χ1n) is 9.93. The summed E-state index contributed by atoms with van der Waals surface area (Å²) in [6.45, 7) is 9.02. The van der Waals surface area contributed by atoms with Gasteiger partial charge in [0, 0.05) is 18.3 Å². The molecule has 0 fully saturated rings. The van der Waals surface area contributed by atoms with Crippen LogP contribution in [-0.2, 0) is 11.3 Å². The molecule has 1 heterocycles. The zero-order valence-corrected chi connectivity index (χ0v) is 18.3. The fourth-order valence-corrected chi connectivity index (χ4v) is 3.89. The normalized spacial score (nSPS) is 12.0. The molecule has 152 valence electrons. The van der Waals surface area contributed by atoms with Gasteiger partial charge in [-0.2, -0.15) is 0 Å². The number of hydrogen-bond acceptors (Lipinski definition) is 4. The van der Waals surface area contributed by atoms with E-state index >= 15 is 0 Å². The second kappa shape index (κ2) is 9.74. The van der Waals surface area contributed by atoms with E-state index in [0.29, 0.717) is 12.3 Å². The molecule has 5 nitrogen and oxygen atoms in total. The number of aromatic nitrogens is 3. The third-order valence-corrected chi connectivity index (χ3v) is 6.18. The number of hydrogen-bond donors (Lipinski definition) is 0. The summed E-state index contributed by atoms with van der Waals surface area (Å²) in [5.41, 5.74) is 4.62. The highest BCUT2D eigenvalue weighted by atomic mass is 32.2. The van der Waals surface area contributed by atoms with Crippen LogP contribution < -0.4 is 0 Å². The zero-order valence-electron chi connectivity index (χ0n) is 17.5. The van der Waals surface area contributed by atoms with Gasteiger partial charge in [-0.1, -0.05) is 55.1 Å². The van der Waals surface area contributed by atoms with Crippen molar-refractivity contribution in [2.75, 3.05) is 5.75 Å². The number of benzene rings is 2. The number of nitrogens with zero attached hydrogens (tertiary/aromatic N) is 4. The molecule has 0 saturated heterocycles. The minimum Gasteiger partial charge on any atom is -0.335 e. The lowest BCUT2D eigenvalue weighted by atomic mass is 10.1. The monoisotopic (exact) mass is 408 g/mol. The fraction of sp³-hybridized carbons (Fsp3) is 0.348. The van der Waals surface area contributed by atoms with E-state index in [-0.39, 0.29) is 11.9 Å². The molecule has 0 aliphatic rings. The van der Waals surface area contributed by atoms with Gasteiger partial charge in [-0.3, -0.25) is 9.36 Å². The summed E-state index contributed by atoms with van der Waals surface area (Å²) in [4.78, 5) is 15.0. The van der Waals surface area contributed by atoms with E-state index in [1.165, 1.54) is 22.9 Å². The van der Waals surface area contributed by atoms with Gasteiger partial charge in [-0.05, 0) is 56.0 Å². The van der Waals surface area contributed by atoms with Gasteiger partial charge in [-0.25, -0.2) is 0 Å². The highest BCUT2D eigenvalue weighted by molar-refractivity contribution is 7.99. The second-order valence-electron chi connectivity index (χ2n) is 7.31. The van der Waals surface area contributed by atoms with E-state index in [0.717, 1.165) is 22.8 Å². The predicted molar refractivity (Wildman–Crippen MR) is 118 cm³/mol. The Morgan fingerprint density at radius 1 is 1.14 bits per heavy atom. The maximum atomic E-state index is 13.0. The van der Waals surface area contributed by atoms with Crippen LogP contribution in [0.4, 0.5) is 0 Å². The first-order chi connectivity index (χ1) is 14.0. The molecule has 0 spiro atoms. The van der Waals surface area contributed by atoms with Gasteiger partial charge in [0.05, 0.1) is 5.75 Å². The Morgan fingerprint density at radius 2 is 1.90 bits per heavy atom. The van der Waals surface area contributed by atoms with E-state index < -0.39 is 0 Å². The highest BCUT2D eigenvalue weighted by Crippen LogP contribution is 2.22. The predicted octanol–water partition coefficient (Wildman–Crippen LogP) is 4.80. The zero-order chi connectivity index (χ0) is 20.8. The van der Waals surface area contributed by atoms with Crippen LogP contribution in [0.1, 0.15) is 37.0 Å². The summed E-state index contributed by atoms with van der Waals surface area (Å²) < 4.78 is 1.94. The maximum absolute atomic E-state index is 13.0. The molecule has 6 heteroatoms. The van der Waals surface area contributed by atoms with Gasteiger partial charge in [0.1, 0.15) is 6.33 Å². The minimum atomic E-state index is 0.114. The van der Waals surface area contributed by atoms with Gasteiger partial charge in [0.15, 0.2) is 5.16 Å². The van der Waals surface area contributed by atoms with Gasteiger partial charge in [0.2, 0.25) is 5.91 Å². The topological polar surface area (TPSA) is 51.0 Å². The number of rotatable bonds is 8. The fourth-order valence-electron chi connectivity index (χ4n) is 3.07. The average Bonchev–Trinajstić information content (AvgIpc) is 3.21. The Morgan fingerprint density at radius 3 is 2.59 bits per heavy atom. The Hall–Kier alpha value is -2.60. The molecule has 0 bridgehead atoms. The molecule has 1 atom stereocenters. The summed E-state index contributed by atoms with van der Waals surface area (Å²) in [6, 6.07) is 16.6. The number of carbonyl (C=O) groups is 1. The molecule has 1 amide bonds. The molecule has 0 N–H and O–H groups in total. The summed E-state index contributed by atoms with van der Waals surface area (Å²) in [6.07, 6.45) is 2.62. The van der Waals surface area contributed by atoms with Crippen LogP contribution in [0, 0.1) is 13.8 Å². The molecular weight excluding hydrogens is 380 g/mol. The van der Waals surface area contributed by atoms with Crippen molar-refractivity contribution in [3.63, 3.8) is 0 Å². The van der Waals surface area contributed by atoms with Gasteiger partial charge in [0.25, 0.3) is 0 Å². The van der Waals surface area contributed by atoms with E-state index in [9.17, 15) is 4.79 Å². The Labute approximate surface area is 177 Å². The second-order valence-corrected chi connectivity index (χ2v) is 8.25. The van der Waals surface area contributed by atoms with Gasteiger partial charge < -0.3 is 4.90 Å². The molecule has 2 aromatic carbocycles. The Balaban J connectivity index is 1.72. The quantitative estimate of drug-likeness (QED) is 0.502. The molecule has 0 aliphatic heterocycles. The largest absolute Gasteiger partial charge is 0.335 e. The number of amides is 1. The number of aryl methyl sites for hydroxylation is 2. The minimum absolute atomic E-state index is 0.114. The van der Waals surface area contributed by atoms with E-state index in [1.54, 1.807) is 6.33 Å². The summed E-state index contributed by atoms with van der Waals surface area (Å²) >= 11 is 1.43. The lowest BCUT2D eigenvalue weighted by Crippen LogP contribution is -2.38. The molecule has 0 saturated carbocycles. The smallest absolute Gasteiger partial charge is 0.233 e. The van der Waals surface area contributed by atoms with Crippen LogP contribution in [0.3, 0.4) is 0 Å². The molecule has 0 radical (unpaired) electrons. The molecular formula is C23H28N4OS. The van der Waals surface area contributed by atoms with Crippen molar-refractivity contribution < 1.29 is 4.79 Å². The standard InChI is InChI=1S/C23H28N4OS/c1-5-19(4)26(14-20-9-7-6-8-10-20)22(28)15-29-23-25-24-16-27(23)21-12-11-17(2)18(3)13-21/h6-13,16,19H,5,14-15H2,1-4H3. The number of thioether (sulfide) groups is 1. The lowest BCUT2D eigenvalue weighted by molar-refractivity contribution is -0.131. The van der Waals surface area contributed by atoms with Gasteiger partial charge >= 0.3 is 0 Å². The third kappa shape index (κ3) is 5.26. The van der Waals surface area contributed by atoms with Crippen LogP contribution in [0.5, 0.6) is 0 Å². The molecule has 3 aromatic rings. The molecule has 3 rings (SSSR count). The molecule has 1 unspecified atom stereocenters. The summed E-state index contributed by atoms with van der Waals surface area (Å²) in [5.74, 6) is 0.448. The average molecular weight is 409 g/mol. The van der Waals surface area contributed by atoms with Crippen molar-refractivity contribution in [1.29, 1.82) is 0 Å². The molecule has 1 aromatic heterocycles. The molecule has 29 heavy (non-hydrogen) atoms. The van der Waals surface area contributed by atoms with Crippen molar-refractivity contribution in [2.45, 2.75) is 51.9 Å². The van der Waals surface area contributed by atoms with E-state index in [2.05, 4.69) is 68.2 Å². The van der Waals surface area contributed by atoms with Crippen LogP contribution in [-0.4, -0.2) is 37.4 Å². The van der Waals surface area contributed by atoms with E-state index in [4.69, 9.17) is 0 Å². The Kier molecular flexibility index (Phi) is 7.09. The van der Waals surface area contributed by atoms with Crippen molar-refractivity contribution >= 4 is 17.7 Å². The van der Waals surface area contributed by atoms with Crippen molar-refractivity contribution in [3.8, 4) is 5.69 Å². The molecule has 0 aliphatic carbocycles. The summed E-state index contributed by atoms with van der Waals surface area (Å²) in [5, 5.41) is 9.02. The van der Waals surface area contributed by atoms with Crippen molar-refractivity contribution in [2.24, 2.45) is 0 Å². The van der Waals surface area contributed by atoms with Crippen LogP contribution in [0.25, 0.3) is 5.69 Å². The number of carbonyl (C=O) groups excluding carboxylic acids is 1. The van der Waals surface area contributed by atoms with Gasteiger partial charge in [-0.15, -0.1) is 10.2 Å². The summed E-state index contributed by atoms with van der Waals surface area (Å²) in [7, 11) is 0. The Bertz CT molecular complexity index is 955. The van der Waals surface area contributed by atoms with Crippen LogP contribution in [0.15, 0.2) is 60.0 Å².